The molecular weight excluding hydrogens is 194 g/mol. The number of hydrogen-bond donors (Lipinski definition) is 3. The van der Waals surface area contributed by atoms with Crippen molar-refractivity contribution < 1.29 is 9.59 Å². The molecule has 3 amide bonds. The lowest BCUT2D eigenvalue weighted by Gasteiger charge is -2.23. The number of nitrogens with one attached hydrogen (secondary N) is 3. The van der Waals surface area contributed by atoms with Crippen molar-refractivity contribution >= 4 is 17.6 Å². The fraction of sp³-hybridized carbons (Fsp3) is 0.200. The highest BCUT2D eigenvalue weighted by Crippen LogP contribution is 2.07. The van der Waals surface area contributed by atoms with Gasteiger partial charge in [0.05, 0.1) is 0 Å². The molecule has 1 aliphatic rings. The second-order valence-corrected chi connectivity index (χ2v) is 3.26. The maximum Gasteiger partial charge on any atom is 0.321 e. The van der Waals surface area contributed by atoms with E-state index in [4.69, 9.17) is 0 Å². The van der Waals surface area contributed by atoms with Crippen molar-refractivity contribution in [2.24, 2.45) is 0 Å². The predicted octanol–water partition coefficient (Wildman–Crippen LogP) is 0.307. The summed E-state index contributed by atoms with van der Waals surface area (Å²) in [7, 11) is 0. The predicted molar refractivity (Wildman–Crippen MR) is 55.4 cm³/mol. The summed E-state index contributed by atoms with van der Waals surface area (Å²) in [5.41, 5.74) is 0.855. The molecule has 0 aliphatic carbocycles. The van der Waals surface area contributed by atoms with Gasteiger partial charge in [-0.2, -0.15) is 0 Å². The molecule has 0 spiro atoms. The lowest BCUT2D eigenvalue weighted by atomic mass is 10.2. The Hall–Kier alpha value is -2.04. The Morgan fingerprint density at radius 2 is 1.93 bits per heavy atom. The number of rotatable bonds is 2. The molecule has 0 radical (unpaired) electrons. The quantitative estimate of drug-likeness (QED) is 0.650. The summed E-state index contributed by atoms with van der Waals surface area (Å²) in [4.78, 5) is 22.2. The zero-order chi connectivity index (χ0) is 10.7. The van der Waals surface area contributed by atoms with Crippen LogP contribution in [-0.2, 0) is 4.79 Å². The summed E-state index contributed by atoms with van der Waals surface area (Å²) < 4.78 is 0. The molecule has 3 N–H and O–H groups in total. The zero-order valence-electron chi connectivity index (χ0n) is 7.99. The molecule has 0 aromatic heterocycles. The Morgan fingerprint density at radius 1 is 1.20 bits per heavy atom. The molecule has 1 aliphatic heterocycles. The maximum atomic E-state index is 11.4. The van der Waals surface area contributed by atoms with Crippen LogP contribution in [0.5, 0.6) is 0 Å². The normalized spacial score (nSPS) is 20.4. The number of carbonyl (C=O) groups is 2. The molecule has 1 fully saturated rings. The first-order chi connectivity index (χ1) is 7.25. The molecule has 5 heteroatoms. The first-order valence-corrected chi connectivity index (χ1v) is 4.66. The average molecular weight is 205 g/mol. The van der Waals surface area contributed by atoms with Gasteiger partial charge in [0.2, 0.25) is 0 Å². The van der Waals surface area contributed by atoms with Crippen LogP contribution in [0, 0.1) is 0 Å². The Bertz CT molecular complexity index is 378. The lowest BCUT2D eigenvalue weighted by molar-refractivity contribution is -0.121. The topological polar surface area (TPSA) is 70.2 Å². The molecule has 5 nitrogen and oxygen atoms in total. The third kappa shape index (κ3) is 2.25. The van der Waals surface area contributed by atoms with Crippen LogP contribution in [-0.4, -0.2) is 24.5 Å². The monoisotopic (exact) mass is 205 g/mol. The standard InChI is InChI=1S/C10H11N3O2/c14-9-8(6-11-10(15)13-9)12-7-4-2-1-3-5-7/h1-5,8,12H,6H2,(H2,11,13,14,15)/t8-/m0/s1. The summed E-state index contributed by atoms with van der Waals surface area (Å²) in [5, 5.41) is 7.77. The van der Waals surface area contributed by atoms with Gasteiger partial charge in [-0.25, -0.2) is 4.79 Å². The zero-order valence-corrected chi connectivity index (χ0v) is 7.99. The number of imide groups is 1. The third-order valence-corrected chi connectivity index (χ3v) is 2.13. The van der Waals surface area contributed by atoms with E-state index in [0.29, 0.717) is 6.54 Å². The second-order valence-electron chi connectivity index (χ2n) is 3.26. The molecule has 1 atom stereocenters. The van der Waals surface area contributed by atoms with E-state index in [2.05, 4.69) is 16.0 Å². The van der Waals surface area contributed by atoms with E-state index in [1.165, 1.54) is 0 Å². The summed E-state index contributed by atoms with van der Waals surface area (Å²) in [6.07, 6.45) is 0. The average Bonchev–Trinajstić information content (AvgIpc) is 2.24. The van der Waals surface area contributed by atoms with Crippen LogP contribution in [0.3, 0.4) is 0 Å². The highest BCUT2D eigenvalue weighted by molar-refractivity contribution is 6.00. The van der Waals surface area contributed by atoms with Crippen molar-refractivity contribution in [3.63, 3.8) is 0 Å². The number of anilines is 1. The van der Waals surface area contributed by atoms with Crippen LogP contribution < -0.4 is 16.0 Å². The van der Waals surface area contributed by atoms with Gasteiger partial charge in [0, 0.05) is 12.2 Å². The van der Waals surface area contributed by atoms with Crippen molar-refractivity contribution in [1.29, 1.82) is 0 Å². The van der Waals surface area contributed by atoms with Gasteiger partial charge in [-0.1, -0.05) is 18.2 Å². The highest BCUT2D eigenvalue weighted by Gasteiger charge is 2.25. The van der Waals surface area contributed by atoms with E-state index in [0.717, 1.165) is 5.69 Å². The molecule has 2 rings (SSSR count). The van der Waals surface area contributed by atoms with Crippen molar-refractivity contribution in [3.05, 3.63) is 30.3 Å². The molecule has 0 unspecified atom stereocenters. The molecule has 1 saturated heterocycles. The fourth-order valence-electron chi connectivity index (χ4n) is 1.38. The maximum absolute atomic E-state index is 11.4. The molecule has 1 aromatic rings. The lowest BCUT2D eigenvalue weighted by Crippen LogP contribution is -2.57. The van der Waals surface area contributed by atoms with Crippen molar-refractivity contribution in [2.45, 2.75) is 6.04 Å². The highest BCUT2D eigenvalue weighted by atomic mass is 16.2. The first-order valence-electron chi connectivity index (χ1n) is 4.66. The number of hydrogen-bond acceptors (Lipinski definition) is 3. The van der Waals surface area contributed by atoms with Gasteiger partial charge in [-0.05, 0) is 12.1 Å². The van der Waals surface area contributed by atoms with E-state index in [-0.39, 0.29) is 5.91 Å². The van der Waals surface area contributed by atoms with Crippen LogP contribution in [0.25, 0.3) is 0 Å². The van der Waals surface area contributed by atoms with Gasteiger partial charge in [0.15, 0.2) is 0 Å². The Morgan fingerprint density at radius 3 is 2.60 bits per heavy atom. The Kier molecular flexibility index (Phi) is 2.53. The smallest absolute Gasteiger partial charge is 0.321 e. The molecule has 1 aromatic carbocycles. The van der Waals surface area contributed by atoms with Gasteiger partial charge in [-0.3, -0.25) is 10.1 Å². The van der Waals surface area contributed by atoms with E-state index in [9.17, 15) is 9.59 Å². The van der Waals surface area contributed by atoms with Gasteiger partial charge >= 0.3 is 6.03 Å². The molecular formula is C10H11N3O2. The minimum Gasteiger partial charge on any atom is -0.372 e. The van der Waals surface area contributed by atoms with Gasteiger partial charge < -0.3 is 10.6 Å². The van der Waals surface area contributed by atoms with Crippen LogP contribution in [0.2, 0.25) is 0 Å². The van der Waals surface area contributed by atoms with Gasteiger partial charge in [0.1, 0.15) is 6.04 Å². The molecule has 0 bridgehead atoms. The largest absolute Gasteiger partial charge is 0.372 e. The van der Waals surface area contributed by atoms with Crippen molar-refractivity contribution in [2.75, 3.05) is 11.9 Å². The van der Waals surface area contributed by atoms with Crippen LogP contribution in [0.4, 0.5) is 10.5 Å². The molecule has 1 heterocycles. The summed E-state index contributed by atoms with van der Waals surface area (Å²) in [5.74, 6) is -0.303. The summed E-state index contributed by atoms with van der Waals surface area (Å²) in [6.45, 7) is 0.305. The summed E-state index contributed by atoms with van der Waals surface area (Å²) >= 11 is 0. The second kappa shape index (κ2) is 4.00. The fourth-order valence-corrected chi connectivity index (χ4v) is 1.38. The number of benzene rings is 1. The third-order valence-electron chi connectivity index (χ3n) is 2.13. The van der Waals surface area contributed by atoms with Crippen molar-refractivity contribution in [1.82, 2.24) is 10.6 Å². The Labute approximate surface area is 86.9 Å². The molecule has 78 valence electrons. The van der Waals surface area contributed by atoms with Gasteiger partial charge in [-0.15, -0.1) is 0 Å². The SMILES string of the molecule is O=C1NC[C@H](Nc2ccccc2)C(=O)N1. The number of urea groups is 1. The molecule has 15 heavy (non-hydrogen) atoms. The van der Waals surface area contributed by atoms with Crippen LogP contribution in [0.15, 0.2) is 30.3 Å². The van der Waals surface area contributed by atoms with E-state index < -0.39 is 12.1 Å². The van der Waals surface area contributed by atoms with Crippen LogP contribution in [0.1, 0.15) is 0 Å². The number of carbonyl (C=O) groups excluding carboxylic acids is 2. The van der Waals surface area contributed by atoms with Crippen LogP contribution >= 0.6 is 0 Å². The Balaban J connectivity index is 2.01. The van der Waals surface area contributed by atoms with Crippen molar-refractivity contribution in [3.8, 4) is 0 Å². The molecule has 0 saturated carbocycles. The minimum absolute atomic E-state index is 0.303. The number of amides is 3. The van der Waals surface area contributed by atoms with Gasteiger partial charge in [0.25, 0.3) is 5.91 Å². The van der Waals surface area contributed by atoms with E-state index in [1.807, 2.05) is 30.3 Å². The minimum atomic E-state index is -0.439. The van der Waals surface area contributed by atoms with E-state index >= 15 is 0 Å². The van der Waals surface area contributed by atoms with E-state index in [1.54, 1.807) is 0 Å². The summed E-state index contributed by atoms with van der Waals surface area (Å²) in [6, 6.07) is 8.53. The first kappa shape index (κ1) is 9.51. The number of para-hydroxylation sites is 1.